The van der Waals surface area contributed by atoms with Crippen molar-refractivity contribution < 1.29 is 50.2 Å². The number of thiophene rings is 1. The standard InChI is InChI=1S/C24H24F6N2O5S/c1-3-37-21(35)22(24(28,29)30,31-18(33)13-8-7-9-14(12-13)23(25,26)27)32-19-17(20(34)36-2)15-10-5-4-6-11-16(15)38-19/h7-9,12,32H,3-6,10-11H2,1-2H3,(H,31,33). The number of hydrogen-bond donors (Lipinski definition) is 2. The lowest BCUT2D eigenvalue weighted by molar-refractivity contribution is -0.204. The first-order valence-electron chi connectivity index (χ1n) is 11.5. The molecule has 0 fully saturated rings. The number of aryl methyl sites for hydroxylation is 1. The van der Waals surface area contributed by atoms with E-state index >= 15 is 0 Å². The van der Waals surface area contributed by atoms with E-state index in [9.17, 15) is 40.7 Å². The largest absolute Gasteiger partial charge is 0.465 e. The molecule has 2 aromatic rings. The summed E-state index contributed by atoms with van der Waals surface area (Å²) in [5.74, 6) is -4.55. The van der Waals surface area contributed by atoms with Crippen molar-refractivity contribution in [2.75, 3.05) is 19.0 Å². The molecule has 1 aliphatic carbocycles. The molecule has 2 N–H and O–H groups in total. The molecule has 1 amide bonds. The predicted octanol–water partition coefficient (Wildman–Crippen LogP) is 5.49. The van der Waals surface area contributed by atoms with Crippen LogP contribution < -0.4 is 10.6 Å². The lowest BCUT2D eigenvalue weighted by Gasteiger charge is -2.35. The van der Waals surface area contributed by atoms with Crippen molar-refractivity contribution in [3.05, 3.63) is 51.4 Å². The van der Waals surface area contributed by atoms with Crippen molar-refractivity contribution in [1.29, 1.82) is 0 Å². The highest BCUT2D eigenvalue weighted by atomic mass is 32.1. The number of amides is 1. The molecule has 1 aromatic heterocycles. The molecule has 1 aromatic carbocycles. The highest BCUT2D eigenvalue weighted by Crippen LogP contribution is 2.42. The van der Waals surface area contributed by atoms with E-state index in [2.05, 4.69) is 4.74 Å². The third kappa shape index (κ3) is 5.89. The average molecular weight is 567 g/mol. The molecule has 38 heavy (non-hydrogen) atoms. The highest BCUT2D eigenvalue weighted by molar-refractivity contribution is 7.16. The number of benzene rings is 1. The minimum Gasteiger partial charge on any atom is -0.465 e. The third-order valence-corrected chi connectivity index (χ3v) is 7.08. The van der Waals surface area contributed by atoms with Crippen LogP contribution in [0.4, 0.5) is 31.3 Å². The highest BCUT2D eigenvalue weighted by Gasteiger charge is 2.64. The smallest absolute Gasteiger partial charge is 0.441 e. The quantitative estimate of drug-likeness (QED) is 0.199. The van der Waals surface area contributed by atoms with Gasteiger partial charge in [-0.1, -0.05) is 12.5 Å². The zero-order valence-electron chi connectivity index (χ0n) is 20.3. The number of carbonyl (C=O) groups is 3. The van der Waals surface area contributed by atoms with E-state index in [1.54, 1.807) is 0 Å². The number of hydrogen-bond acceptors (Lipinski definition) is 7. The Morgan fingerprint density at radius 3 is 2.32 bits per heavy atom. The van der Waals surface area contributed by atoms with Gasteiger partial charge in [-0.15, -0.1) is 11.3 Å². The number of nitrogens with one attached hydrogen (secondary N) is 2. The van der Waals surface area contributed by atoms with Gasteiger partial charge in [0, 0.05) is 10.4 Å². The van der Waals surface area contributed by atoms with Gasteiger partial charge in [0.25, 0.3) is 5.91 Å². The molecule has 14 heteroatoms. The van der Waals surface area contributed by atoms with Crippen molar-refractivity contribution in [3.63, 3.8) is 0 Å². The summed E-state index contributed by atoms with van der Waals surface area (Å²) >= 11 is 0.806. The Hall–Kier alpha value is -3.29. The average Bonchev–Trinajstić information content (AvgIpc) is 3.01. The van der Waals surface area contributed by atoms with Crippen LogP contribution in [-0.4, -0.2) is 43.4 Å². The van der Waals surface area contributed by atoms with Crippen molar-refractivity contribution in [2.45, 2.75) is 57.0 Å². The van der Waals surface area contributed by atoms with Crippen molar-refractivity contribution in [1.82, 2.24) is 5.32 Å². The number of ether oxygens (including phenoxy) is 2. The van der Waals surface area contributed by atoms with Crippen molar-refractivity contribution >= 4 is 34.2 Å². The topological polar surface area (TPSA) is 93.7 Å². The first-order valence-corrected chi connectivity index (χ1v) is 12.3. The second-order valence-corrected chi connectivity index (χ2v) is 9.49. The minimum atomic E-state index is -5.56. The molecule has 7 nitrogen and oxygen atoms in total. The zero-order chi connectivity index (χ0) is 28.3. The van der Waals surface area contributed by atoms with Crippen LogP contribution in [0.15, 0.2) is 24.3 Å². The van der Waals surface area contributed by atoms with Crippen LogP contribution in [0.25, 0.3) is 0 Å². The second kappa shape index (κ2) is 11.2. The molecular weight excluding hydrogens is 542 g/mol. The Bertz CT molecular complexity index is 1210. The molecule has 0 spiro atoms. The zero-order valence-corrected chi connectivity index (χ0v) is 21.1. The first-order chi connectivity index (χ1) is 17.7. The van der Waals surface area contributed by atoms with Crippen LogP contribution in [0.3, 0.4) is 0 Å². The lowest BCUT2D eigenvalue weighted by atomic mass is 10.0. The van der Waals surface area contributed by atoms with E-state index in [0.29, 0.717) is 41.8 Å². The minimum absolute atomic E-state index is 0.208. The maximum absolute atomic E-state index is 14.7. The van der Waals surface area contributed by atoms with Crippen molar-refractivity contribution in [3.8, 4) is 0 Å². The van der Waals surface area contributed by atoms with Crippen LogP contribution in [0.5, 0.6) is 0 Å². The summed E-state index contributed by atoms with van der Waals surface area (Å²) in [5.41, 5.74) is -5.73. The summed E-state index contributed by atoms with van der Waals surface area (Å²) in [6, 6.07) is 2.70. The second-order valence-electron chi connectivity index (χ2n) is 8.39. The first kappa shape index (κ1) is 29.3. The predicted molar refractivity (Wildman–Crippen MR) is 125 cm³/mol. The van der Waals surface area contributed by atoms with Gasteiger partial charge in [0.1, 0.15) is 5.00 Å². The fourth-order valence-electron chi connectivity index (χ4n) is 4.03. The Labute approximate surface area is 217 Å². The fourth-order valence-corrected chi connectivity index (χ4v) is 5.36. The van der Waals surface area contributed by atoms with Crippen LogP contribution in [0.1, 0.15) is 62.9 Å². The number of rotatable bonds is 7. The van der Waals surface area contributed by atoms with Crippen molar-refractivity contribution in [2.24, 2.45) is 0 Å². The van der Waals surface area contributed by atoms with Crippen LogP contribution in [0.2, 0.25) is 0 Å². The number of carbonyl (C=O) groups excluding carboxylic acids is 3. The molecule has 0 bridgehead atoms. The fraction of sp³-hybridized carbons (Fsp3) is 0.458. The summed E-state index contributed by atoms with van der Waals surface area (Å²) in [7, 11) is 1.05. The van der Waals surface area contributed by atoms with E-state index in [1.807, 2.05) is 5.32 Å². The third-order valence-electron chi connectivity index (χ3n) is 5.87. The van der Waals surface area contributed by atoms with Gasteiger partial charge in [-0.05, 0) is 56.4 Å². The van der Waals surface area contributed by atoms with E-state index in [-0.39, 0.29) is 5.56 Å². The Morgan fingerprint density at radius 1 is 1.03 bits per heavy atom. The van der Waals surface area contributed by atoms with Gasteiger partial charge in [0.15, 0.2) is 0 Å². The van der Waals surface area contributed by atoms with E-state index in [1.165, 1.54) is 12.2 Å². The monoisotopic (exact) mass is 566 g/mol. The Morgan fingerprint density at radius 2 is 1.71 bits per heavy atom. The number of fused-ring (bicyclic) bond motifs is 1. The molecule has 0 saturated carbocycles. The molecule has 1 aliphatic rings. The molecular formula is C24H24F6N2O5S. The molecule has 0 aliphatic heterocycles. The number of anilines is 1. The Balaban J connectivity index is 2.15. The SMILES string of the molecule is CCOC(=O)C(NC(=O)c1cccc(C(F)(F)F)c1)(Nc1sc2c(c1C(=O)OC)CCCCC2)C(F)(F)F. The van der Waals surface area contributed by atoms with Gasteiger partial charge in [0.2, 0.25) is 0 Å². The molecule has 208 valence electrons. The number of methoxy groups -OCH3 is 1. The molecule has 3 rings (SSSR count). The van der Waals surface area contributed by atoms with Gasteiger partial charge >= 0.3 is 30.0 Å². The molecule has 0 saturated heterocycles. The molecule has 1 heterocycles. The van der Waals surface area contributed by atoms with E-state index in [4.69, 9.17) is 4.74 Å². The summed E-state index contributed by atoms with van der Waals surface area (Å²) in [5, 5.41) is 3.11. The summed E-state index contributed by atoms with van der Waals surface area (Å²) in [6.07, 6.45) is -7.35. The molecule has 1 atom stereocenters. The van der Waals surface area contributed by atoms with Crippen LogP contribution in [0, 0.1) is 0 Å². The van der Waals surface area contributed by atoms with E-state index < -0.39 is 58.6 Å². The number of esters is 2. The van der Waals surface area contributed by atoms with Gasteiger partial charge < -0.3 is 20.1 Å². The number of alkyl halides is 6. The van der Waals surface area contributed by atoms with Crippen LogP contribution >= 0.6 is 11.3 Å². The van der Waals surface area contributed by atoms with Gasteiger partial charge in [-0.3, -0.25) is 4.79 Å². The normalized spacial score (nSPS) is 15.5. The maximum atomic E-state index is 14.7. The maximum Gasteiger partial charge on any atom is 0.441 e. The Kier molecular flexibility index (Phi) is 8.64. The summed E-state index contributed by atoms with van der Waals surface area (Å²) in [6.45, 7) is 0.726. The lowest BCUT2D eigenvalue weighted by Crippen LogP contribution is -2.69. The number of halogens is 6. The van der Waals surface area contributed by atoms with Gasteiger partial charge in [-0.25, -0.2) is 9.59 Å². The van der Waals surface area contributed by atoms with Gasteiger partial charge in [0.05, 0.1) is 24.8 Å². The van der Waals surface area contributed by atoms with Crippen LogP contribution in [-0.2, 0) is 33.3 Å². The van der Waals surface area contributed by atoms with Gasteiger partial charge in [-0.2, -0.15) is 26.3 Å². The summed E-state index contributed by atoms with van der Waals surface area (Å²) in [4.78, 5) is 39.0. The van der Waals surface area contributed by atoms with E-state index in [0.717, 1.165) is 43.4 Å². The summed E-state index contributed by atoms with van der Waals surface area (Å²) < 4.78 is 92.8. The molecule has 1 unspecified atom stereocenters. The molecule has 0 radical (unpaired) electrons.